The summed E-state index contributed by atoms with van der Waals surface area (Å²) in [6.07, 6.45) is 3.09. The molecule has 3 amide bonds. The van der Waals surface area contributed by atoms with Gasteiger partial charge < -0.3 is 5.32 Å². The summed E-state index contributed by atoms with van der Waals surface area (Å²) < 4.78 is 3.09. The number of hydrogen-bond donors (Lipinski definition) is 1. The number of urea groups is 1. The minimum atomic E-state index is -0.464. The van der Waals surface area contributed by atoms with Crippen molar-refractivity contribution in [2.24, 2.45) is 14.1 Å². The van der Waals surface area contributed by atoms with Crippen LogP contribution >= 0.6 is 0 Å². The lowest BCUT2D eigenvalue weighted by Gasteiger charge is -2.06. The molecule has 118 valence electrons. The summed E-state index contributed by atoms with van der Waals surface area (Å²) in [5.74, 6) is -0.392. The maximum absolute atomic E-state index is 12.2. The zero-order valence-electron chi connectivity index (χ0n) is 12.9. The molecular formula is C16H16N4O3. The lowest BCUT2D eigenvalue weighted by molar-refractivity contribution is -0.122. The number of fused-ring (bicyclic) bond motifs is 1. The largest absolute Gasteiger partial charge is 0.329 e. The Morgan fingerprint density at radius 2 is 1.83 bits per heavy atom. The van der Waals surface area contributed by atoms with E-state index in [0.29, 0.717) is 0 Å². The normalized spacial score (nSPS) is 16.4. The van der Waals surface area contributed by atoms with Gasteiger partial charge in [0, 0.05) is 20.6 Å². The standard InChI is InChI=1S/C16H16N4O3/c1-4-7-20-14(21)11(17-15(20)22)8-10-5-6-12-13(9-10)19(3)16(23)18(12)2/h4-6,8-9H,1,7H2,2-3H3,(H,17,22)/b11-8+. The molecule has 1 N–H and O–H groups in total. The summed E-state index contributed by atoms with van der Waals surface area (Å²) in [4.78, 5) is 36.9. The quantitative estimate of drug-likeness (QED) is 0.521. The Morgan fingerprint density at radius 1 is 1.13 bits per heavy atom. The second kappa shape index (κ2) is 5.28. The van der Waals surface area contributed by atoms with Crippen LogP contribution in [0.15, 0.2) is 41.3 Å². The zero-order valence-corrected chi connectivity index (χ0v) is 12.9. The van der Waals surface area contributed by atoms with E-state index >= 15 is 0 Å². The number of nitrogens with zero attached hydrogens (tertiary/aromatic N) is 3. The average Bonchev–Trinajstić information content (AvgIpc) is 2.91. The molecule has 1 saturated heterocycles. The average molecular weight is 312 g/mol. The molecule has 7 heteroatoms. The highest BCUT2D eigenvalue weighted by Crippen LogP contribution is 2.18. The summed E-state index contributed by atoms with van der Waals surface area (Å²) in [6, 6.07) is 4.95. The third-order valence-electron chi connectivity index (χ3n) is 3.88. The predicted octanol–water partition coefficient (Wildman–Crippen LogP) is 0.956. The van der Waals surface area contributed by atoms with E-state index in [1.54, 1.807) is 36.9 Å². The van der Waals surface area contributed by atoms with Gasteiger partial charge in [-0.1, -0.05) is 12.1 Å². The van der Waals surface area contributed by atoms with E-state index in [0.717, 1.165) is 21.5 Å². The summed E-state index contributed by atoms with van der Waals surface area (Å²) in [5.41, 5.74) is 2.37. The Labute approximate surface area is 132 Å². The van der Waals surface area contributed by atoms with E-state index < -0.39 is 11.9 Å². The fraction of sp³-hybridized carbons (Fsp3) is 0.188. The first-order chi connectivity index (χ1) is 10.9. The molecule has 2 aromatic rings. The fourth-order valence-corrected chi connectivity index (χ4v) is 2.65. The fourth-order valence-electron chi connectivity index (χ4n) is 2.65. The SMILES string of the molecule is C=CCN1C(=O)N/C(=C/c2ccc3c(c2)n(C)c(=O)n3C)C1=O. The van der Waals surface area contributed by atoms with E-state index in [2.05, 4.69) is 11.9 Å². The second-order valence-corrected chi connectivity index (χ2v) is 5.34. The summed E-state index contributed by atoms with van der Waals surface area (Å²) >= 11 is 0. The molecular weight excluding hydrogens is 296 g/mol. The molecule has 0 unspecified atom stereocenters. The molecule has 7 nitrogen and oxygen atoms in total. The number of imidazole rings is 1. The number of hydrogen-bond acceptors (Lipinski definition) is 3. The van der Waals surface area contributed by atoms with Crippen molar-refractivity contribution in [1.29, 1.82) is 0 Å². The lowest BCUT2D eigenvalue weighted by Crippen LogP contribution is -2.30. The van der Waals surface area contributed by atoms with Gasteiger partial charge in [-0.05, 0) is 23.8 Å². The maximum Gasteiger partial charge on any atom is 0.329 e. The predicted molar refractivity (Wildman–Crippen MR) is 86.6 cm³/mol. The molecule has 23 heavy (non-hydrogen) atoms. The van der Waals surface area contributed by atoms with Crippen molar-refractivity contribution in [1.82, 2.24) is 19.4 Å². The van der Waals surface area contributed by atoms with Gasteiger partial charge in [0.2, 0.25) is 0 Å². The van der Waals surface area contributed by atoms with Gasteiger partial charge in [0.25, 0.3) is 5.91 Å². The van der Waals surface area contributed by atoms with Gasteiger partial charge in [-0.15, -0.1) is 6.58 Å². The van der Waals surface area contributed by atoms with Crippen molar-refractivity contribution in [3.05, 3.63) is 52.6 Å². The molecule has 1 aromatic heterocycles. The first kappa shape index (κ1) is 14.8. The highest BCUT2D eigenvalue weighted by molar-refractivity contribution is 6.14. The minimum Gasteiger partial charge on any atom is -0.303 e. The van der Waals surface area contributed by atoms with Crippen LogP contribution in [-0.2, 0) is 18.9 Å². The molecule has 3 rings (SSSR count). The van der Waals surface area contributed by atoms with Crippen LogP contribution in [-0.4, -0.2) is 32.5 Å². The van der Waals surface area contributed by atoms with Gasteiger partial charge in [-0.2, -0.15) is 0 Å². The van der Waals surface area contributed by atoms with Crippen molar-refractivity contribution in [3.8, 4) is 0 Å². The topological polar surface area (TPSA) is 76.3 Å². The zero-order chi connectivity index (χ0) is 16.7. The van der Waals surface area contributed by atoms with E-state index in [1.165, 1.54) is 10.6 Å². The Hall–Kier alpha value is -3.09. The Bertz CT molecular complexity index is 933. The summed E-state index contributed by atoms with van der Waals surface area (Å²) in [6.45, 7) is 3.69. The van der Waals surface area contributed by atoms with Crippen LogP contribution in [0.4, 0.5) is 4.79 Å². The van der Waals surface area contributed by atoms with Crippen molar-refractivity contribution in [2.75, 3.05) is 6.54 Å². The number of benzene rings is 1. The highest BCUT2D eigenvalue weighted by Gasteiger charge is 2.32. The number of aryl methyl sites for hydroxylation is 2. The van der Waals surface area contributed by atoms with Gasteiger partial charge in [0.15, 0.2) is 0 Å². The number of carbonyl (C=O) groups is 2. The molecule has 0 aliphatic carbocycles. The first-order valence-corrected chi connectivity index (χ1v) is 7.05. The van der Waals surface area contributed by atoms with Crippen LogP contribution in [0.3, 0.4) is 0 Å². The number of imide groups is 1. The van der Waals surface area contributed by atoms with Crippen LogP contribution < -0.4 is 11.0 Å². The number of nitrogens with one attached hydrogen (secondary N) is 1. The van der Waals surface area contributed by atoms with E-state index in [-0.39, 0.29) is 17.9 Å². The highest BCUT2D eigenvalue weighted by atomic mass is 16.2. The van der Waals surface area contributed by atoms with Crippen LogP contribution in [0.2, 0.25) is 0 Å². The van der Waals surface area contributed by atoms with Gasteiger partial charge >= 0.3 is 11.7 Å². The third kappa shape index (κ3) is 2.26. The van der Waals surface area contributed by atoms with Crippen LogP contribution in [0.25, 0.3) is 17.1 Å². The van der Waals surface area contributed by atoms with Crippen LogP contribution in [0, 0.1) is 0 Å². The van der Waals surface area contributed by atoms with Gasteiger partial charge in [0.05, 0.1) is 11.0 Å². The molecule has 0 bridgehead atoms. The third-order valence-corrected chi connectivity index (χ3v) is 3.88. The minimum absolute atomic E-state index is 0.118. The van der Waals surface area contributed by atoms with Crippen molar-refractivity contribution < 1.29 is 9.59 Å². The first-order valence-electron chi connectivity index (χ1n) is 7.05. The van der Waals surface area contributed by atoms with Gasteiger partial charge in [-0.25, -0.2) is 9.59 Å². The van der Waals surface area contributed by atoms with E-state index in [1.807, 2.05) is 6.07 Å². The lowest BCUT2D eigenvalue weighted by atomic mass is 10.1. The smallest absolute Gasteiger partial charge is 0.303 e. The molecule has 1 fully saturated rings. The summed E-state index contributed by atoms with van der Waals surface area (Å²) in [7, 11) is 3.40. The molecule has 0 spiro atoms. The van der Waals surface area contributed by atoms with E-state index in [4.69, 9.17) is 0 Å². The Kier molecular flexibility index (Phi) is 3.40. The monoisotopic (exact) mass is 312 g/mol. The van der Waals surface area contributed by atoms with Crippen molar-refractivity contribution >= 4 is 29.0 Å². The maximum atomic E-state index is 12.2. The van der Waals surface area contributed by atoms with Crippen molar-refractivity contribution in [2.45, 2.75) is 0 Å². The number of aromatic nitrogens is 2. The Balaban J connectivity index is 2.03. The molecule has 0 saturated carbocycles. The van der Waals surface area contributed by atoms with Crippen LogP contribution in [0.5, 0.6) is 0 Å². The molecule has 2 heterocycles. The molecule has 1 aromatic carbocycles. The molecule has 0 radical (unpaired) electrons. The number of carbonyl (C=O) groups excluding carboxylic acids is 2. The number of amides is 3. The molecule has 1 aliphatic heterocycles. The van der Waals surface area contributed by atoms with Gasteiger partial charge in [0.1, 0.15) is 5.70 Å². The van der Waals surface area contributed by atoms with Crippen molar-refractivity contribution in [3.63, 3.8) is 0 Å². The number of rotatable bonds is 3. The second-order valence-electron chi connectivity index (χ2n) is 5.34. The molecule has 0 atom stereocenters. The molecule has 1 aliphatic rings. The van der Waals surface area contributed by atoms with Crippen LogP contribution in [0.1, 0.15) is 5.56 Å². The summed E-state index contributed by atoms with van der Waals surface area (Å²) in [5, 5.41) is 2.54. The van der Waals surface area contributed by atoms with E-state index in [9.17, 15) is 14.4 Å². The Morgan fingerprint density at radius 3 is 2.52 bits per heavy atom. The van der Waals surface area contributed by atoms with Gasteiger partial charge in [-0.3, -0.25) is 18.8 Å².